The molecule has 0 aliphatic carbocycles. The zero-order chi connectivity index (χ0) is 20.2. The first-order chi connectivity index (χ1) is 13.6. The second-order valence-corrected chi connectivity index (χ2v) is 7.69. The number of ether oxygens (including phenoxy) is 1. The van der Waals surface area contributed by atoms with E-state index in [0.717, 1.165) is 64.6 Å². The third-order valence-electron chi connectivity index (χ3n) is 4.78. The lowest BCUT2D eigenvalue weighted by atomic mass is 9.99. The molecule has 0 bridgehead atoms. The molecule has 0 unspecified atom stereocenters. The maximum absolute atomic E-state index is 12.5. The SMILES string of the molecule is CN=C(NCCCOCC(C)C)NCCCC(=O)N1CCc2ccccc2C1.I. The summed E-state index contributed by atoms with van der Waals surface area (Å²) in [7, 11) is 1.76. The summed E-state index contributed by atoms with van der Waals surface area (Å²) in [6.07, 6.45) is 3.27. The first-order valence-electron chi connectivity index (χ1n) is 10.5. The number of rotatable bonds is 10. The smallest absolute Gasteiger partial charge is 0.222 e. The summed E-state index contributed by atoms with van der Waals surface area (Å²) in [4.78, 5) is 18.7. The molecule has 0 saturated heterocycles. The molecular weight excluding hydrogens is 479 g/mol. The van der Waals surface area contributed by atoms with Crippen molar-refractivity contribution in [2.45, 2.75) is 46.1 Å². The number of aliphatic imine (C=N–C) groups is 1. The molecule has 0 aromatic heterocycles. The van der Waals surface area contributed by atoms with Crippen LogP contribution in [0.25, 0.3) is 0 Å². The van der Waals surface area contributed by atoms with Gasteiger partial charge in [0.1, 0.15) is 0 Å². The highest BCUT2D eigenvalue weighted by Crippen LogP contribution is 2.19. The Kier molecular flexibility index (Phi) is 12.9. The molecule has 6 nitrogen and oxygen atoms in total. The molecule has 1 amide bonds. The van der Waals surface area contributed by atoms with E-state index in [2.05, 4.69) is 47.7 Å². The van der Waals surface area contributed by atoms with Gasteiger partial charge < -0.3 is 20.3 Å². The van der Waals surface area contributed by atoms with Crippen molar-refractivity contribution in [3.05, 3.63) is 35.4 Å². The van der Waals surface area contributed by atoms with Gasteiger partial charge in [0.25, 0.3) is 0 Å². The number of halogens is 1. The summed E-state index contributed by atoms with van der Waals surface area (Å²) >= 11 is 0. The Bertz CT molecular complexity index is 637. The zero-order valence-corrected chi connectivity index (χ0v) is 20.4. The number of nitrogens with zero attached hydrogens (tertiary/aromatic N) is 2. The number of hydrogen-bond donors (Lipinski definition) is 2. The molecule has 2 rings (SSSR count). The molecule has 29 heavy (non-hydrogen) atoms. The van der Waals surface area contributed by atoms with E-state index in [1.54, 1.807) is 7.05 Å². The van der Waals surface area contributed by atoms with Crippen molar-refractivity contribution in [3.8, 4) is 0 Å². The predicted molar refractivity (Wildman–Crippen MR) is 130 cm³/mol. The molecule has 1 aliphatic heterocycles. The lowest BCUT2D eigenvalue weighted by Gasteiger charge is -2.29. The van der Waals surface area contributed by atoms with Gasteiger partial charge in [-0.15, -0.1) is 24.0 Å². The molecule has 0 saturated carbocycles. The van der Waals surface area contributed by atoms with Crippen LogP contribution in [0.5, 0.6) is 0 Å². The number of carbonyl (C=O) groups excluding carboxylic acids is 1. The number of fused-ring (bicyclic) bond motifs is 1. The Morgan fingerprint density at radius 1 is 1.17 bits per heavy atom. The van der Waals surface area contributed by atoms with Gasteiger partial charge in [-0.05, 0) is 36.3 Å². The van der Waals surface area contributed by atoms with Gasteiger partial charge in [0, 0.05) is 52.9 Å². The highest BCUT2D eigenvalue weighted by molar-refractivity contribution is 14.0. The van der Waals surface area contributed by atoms with Crippen LogP contribution in [0.4, 0.5) is 0 Å². The maximum Gasteiger partial charge on any atom is 0.222 e. The standard InChI is InChI=1S/C22H36N4O2.HI/c1-18(2)17-28-15-7-13-25-22(23-3)24-12-6-10-21(27)26-14-11-19-8-4-5-9-20(19)16-26;/h4-5,8-9,18H,6-7,10-17H2,1-3H3,(H2,23,24,25);1H. The first kappa shape index (κ1) is 25.7. The van der Waals surface area contributed by atoms with Crippen LogP contribution in [0.1, 0.15) is 44.2 Å². The van der Waals surface area contributed by atoms with Crippen molar-refractivity contribution in [2.75, 3.05) is 39.9 Å². The minimum absolute atomic E-state index is 0. The van der Waals surface area contributed by atoms with E-state index in [0.29, 0.717) is 12.3 Å². The van der Waals surface area contributed by atoms with Crippen LogP contribution >= 0.6 is 24.0 Å². The normalized spacial score (nSPS) is 13.7. The summed E-state index contributed by atoms with van der Waals surface area (Å²) in [6, 6.07) is 8.41. The van der Waals surface area contributed by atoms with Crippen LogP contribution in [-0.2, 0) is 22.5 Å². The average molecular weight is 516 g/mol. The van der Waals surface area contributed by atoms with Gasteiger partial charge in [-0.2, -0.15) is 0 Å². The van der Waals surface area contributed by atoms with Gasteiger partial charge in [0.2, 0.25) is 5.91 Å². The van der Waals surface area contributed by atoms with Gasteiger partial charge in [-0.1, -0.05) is 38.1 Å². The topological polar surface area (TPSA) is 66.0 Å². The van der Waals surface area contributed by atoms with Crippen LogP contribution in [0.15, 0.2) is 29.3 Å². The molecule has 1 aromatic carbocycles. The van der Waals surface area contributed by atoms with E-state index in [4.69, 9.17) is 4.74 Å². The Balaban J connectivity index is 0.00000420. The fourth-order valence-electron chi connectivity index (χ4n) is 3.23. The van der Waals surface area contributed by atoms with Crippen LogP contribution in [0, 0.1) is 5.92 Å². The predicted octanol–water partition coefficient (Wildman–Crippen LogP) is 3.20. The molecule has 1 aliphatic rings. The number of carbonyl (C=O) groups is 1. The van der Waals surface area contributed by atoms with Crippen molar-refractivity contribution in [3.63, 3.8) is 0 Å². The average Bonchev–Trinajstić information content (AvgIpc) is 2.71. The number of guanidine groups is 1. The van der Waals surface area contributed by atoms with Gasteiger partial charge in [-0.25, -0.2) is 0 Å². The van der Waals surface area contributed by atoms with Gasteiger partial charge in [0.15, 0.2) is 5.96 Å². The van der Waals surface area contributed by atoms with E-state index in [1.165, 1.54) is 11.1 Å². The zero-order valence-electron chi connectivity index (χ0n) is 18.1. The number of hydrogen-bond acceptors (Lipinski definition) is 3. The maximum atomic E-state index is 12.5. The second kappa shape index (κ2) is 14.6. The van der Waals surface area contributed by atoms with Crippen molar-refractivity contribution in [2.24, 2.45) is 10.9 Å². The third kappa shape index (κ3) is 9.80. The van der Waals surface area contributed by atoms with E-state index < -0.39 is 0 Å². The van der Waals surface area contributed by atoms with Gasteiger partial charge >= 0.3 is 0 Å². The van der Waals surface area contributed by atoms with Crippen LogP contribution < -0.4 is 10.6 Å². The van der Waals surface area contributed by atoms with Crippen LogP contribution in [-0.4, -0.2) is 56.7 Å². The fourth-order valence-corrected chi connectivity index (χ4v) is 3.23. The number of amides is 1. The molecule has 0 spiro atoms. The van der Waals surface area contributed by atoms with Crippen LogP contribution in [0.3, 0.4) is 0 Å². The summed E-state index contributed by atoms with van der Waals surface area (Å²) in [6.45, 7) is 9.00. The van der Waals surface area contributed by atoms with Crippen molar-refractivity contribution >= 4 is 35.8 Å². The van der Waals surface area contributed by atoms with Gasteiger partial charge in [-0.3, -0.25) is 9.79 Å². The highest BCUT2D eigenvalue weighted by Gasteiger charge is 2.19. The molecule has 2 N–H and O–H groups in total. The molecule has 0 radical (unpaired) electrons. The minimum atomic E-state index is 0. The highest BCUT2D eigenvalue weighted by atomic mass is 127. The molecule has 1 heterocycles. The van der Waals surface area contributed by atoms with Crippen molar-refractivity contribution < 1.29 is 9.53 Å². The Morgan fingerprint density at radius 2 is 1.86 bits per heavy atom. The fraction of sp³-hybridized carbons (Fsp3) is 0.636. The summed E-state index contributed by atoms with van der Waals surface area (Å²) < 4.78 is 5.57. The Morgan fingerprint density at radius 3 is 2.55 bits per heavy atom. The summed E-state index contributed by atoms with van der Waals surface area (Å²) in [5, 5.41) is 6.56. The monoisotopic (exact) mass is 516 g/mol. The van der Waals surface area contributed by atoms with Crippen LogP contribution in [0.2, 0.25) is 0 Å². The lowest BCUT2D eigenvalue weighted by Crippen LogP contribution is -2.39. The minimum Gasteiger partial charge on any atom is -0.381 e. The molecule has 7 heteroatoms. The second-order valence-electron chi connectivity index (χ2n) is 7.69. The first-order valence-corrected chi connectivity index (χ1v) is 10.5. The van der Waals surface area contributed by atoms with E-state index in [9.17, 15) is 4.79 Å². The summed E-state index contributed by atoms with van der Waals surface area (Å²) in [5.74, 6) is 1.59. The van der Waals surface area contributed by atoms with Gasteiger partial charge in [0.05, 0.1) is 0 Å². The Hall–Kier alpha value is -1.35. The van der Waals surface area contributed by atoms with E-state index in [1.807, 2.05) is 11.0 Å². The molecular formula is C22H37IN4O2. The Labute approximate surface area is 192 Å². The number of nitrogens with one attached hydrogen (secondary N) is 2. The molecule has 0 atom stereocenters. The quantitative estimate of drug-likeness (QED) is 0.217. The third-order valence-corrected chi connectivity index (χ3v) is 4.78. The molecule has 164 valence electrons. The van der Waals surface area contributed by atoms with E-state index in [-0.39, 0.29) is 29.9 Å². The lowest BCUT2D eigenvalue weighted by molar-refractivity contribution is -0.132. The van der Waals surface area contributed by atoms with E-state index >= 15 is 0 Å². The van der Waals surface area contributed by atoms with Crippen molar-refractivity contribution in [1.29, 1.82) is 0 Å². The molecule has 0 fully saturated rings. The molecule has 1 aromatic rings. The number of benzene rings is 1. The summed E-state index contributed by atoms with van der Waals surface area (Å²) in [5.41, 5.74) is 2.65. The largest absolute Gasteiger partial charge is 0.381 e. The van der Waals surface area contributed by atoms with Crippen molar-refractivity contribution in [1.82, 2.24) is 15.5 Å².